The molecular formula is C13H15Br2NO. The van der Waals surface area contributed by atoms with Crippen molar-refractivity contribution < 1.29 is 4.74 Å². The molecule has 4 heteroatoms. The Hall–Kier alpha value is -0.0600. The Bertz CT molecular complexity index is 412. The highest BCUT2D eigenvalue weighted by Gasteiger charge is 2.34. The summed E-state index contributed by atoms with van der Waals surface area (Å²) in [7, 11) is 0. The van der Waals surface area contributed by atoms with Crippen molar-refractivity contribution in [2.75, 3.05) is 18.0 Å². The monoisotopic (exact) mass is 359 g/mol. The van der Waals surface area contributed by atoms with Gasteiger partial charge in [-0.05, 0) is 46.5 Å². The van der Waals surface area contributed by atoms with Crippen molar-refractivity contribution in [1.29, 1.82) is 0 Å². The summed E-state index contributed by atoms with van der Waals surface area (Å²) in [5.74, 6) is 0. The lowest BCUT2D eigenvalue weighted by molar-refractivity contribution is 0.0304. The van der Waals surface area contributed by atoms with E-state index >= 15 is 0 Å². The van der Waals surface area contributed by atoms with E-state index in [2.05, 4.69) is 55.0 Å². The second-order valence-corrected chi connectivity index (χ2v) is 6.20. The van der Waals surface area contributed by atoms with E-state index in [9.17, 15) is 0 Å². The number of anilines is 1. The van der Waals surface area contributed by atoms with E-state index in [0.717, 1.165) is 18.4 Å². The standard InChI is InChI=1S/C13H15Br2NO/c14-6-9-1-4-13(12(15)5-9)16-7-10-2-3-11(8-16)17-10/h1,4-5,10-11H,2-3,6-8H2. The molecule has 0 aliphatic carbocycles. The van der Waals surface area contributed by atoms with Crippen LogP contribution in [0, 0.1) is 0 Å². The van der Waals surface area contributed by atoms with Crippen molar-refractivity contribution in [3.8, 4) is 0 Å². The number of morpholine rings is 1. The summed E-state index contributed by atoms with van der Waals surface area (Å²) in [6, 6.07) is 6.60. The summed E-state index contributed by atoms with van der Waals surface area (Å²) in [4.78, 5) is 2.45. The van der Waals surface area contributed by atoms with Gasteiger partial charge in [0.2, 0.25) is 0 Å². The third-order valence-electron chi connectivity index (χ3n) is 3.55. The Labute approximate surface area is 119 Å². The number of fused-ring (bicyclic) bond motifs is 2. The Morgan fingerprint density at radius 3 is 2.53 bits per heavy atom. The number of hydrogen-bond donors (Lipinski definition) is 0. The van der Waals surface area contributed by atoms with Gasteiger partial charge in [0.15, 0.2) is 0 Å². The van der Waals surface area contributed by atoms with Crippen molar-refractivity contribution in [2.24, 2.45) is 0 Å². The highest BCUT2D eigenvalue weighted by molar-refractivity contribution is 9.10. The summed E-state index contributed by atoms with van der Waals surface area (Å²) in [5.41, 5.74) is 2.60. The number of alkyl halides is 1. The molecule has 0 N–H and O–H groups in total. The molecule has 2 nitrogen and oxygen atoms in total. The van der Waals surface area contributed by atoms with Gasteiger partial charge in [-0.2, -0.15) is 0 Å². The van der Waals surface area contributed by atoms with Gasteiger partial charge in [-0.15, -0.1) is 0 Å². The summed E-state index contributed by atoms with van der Waals surface area (Å²) in [6.07, 6.45) is 3.32. The second-order valence-electron chi connectivity index (χ2n) is 4.78. The largest absolute Gasteiger partial charge is 0.371 e. The zero-order valence-electron chi connectivity index (χ0n) is 9.53. The molecule has 2 aliphatic heterocycles. The number of benzene rings is 1. The van der Waals surface area contributed by atoms with Crippen LogP contribution in [0.3, 0.4) is 0 Å². The van der Waals surface area contributed by atoms with Crippen LogP contribution in [0.2, 0.25) is 0 Å². The smallest absolute Gasteiger partial charge is 0.0755 e. The van der Waals surface area contributed by atoms with Gasteiger partial charge in [0.1, 0.15) is 0 Å². The summed E-state index contributed by atoms with van der Waals surface area (Å²) in [5, 5.41) is 0.903. The molecule has 0 amide bonds. The van der Waals surface area contributed by atoms with Crippen molar-refractivity contribution in [1.82, 2.24) is 0 Å². The summed E-state index contributed by atoms with van der Waals surface area (Å²) in [6.45, 7) is 2.06. The molecular weight excluding hydrogens is 346 g/mol. The molecule has 1 aromatic rings. The number of halogens is 2. The Balaban J connectivity index is 1.84. The molecule has 2 unspecified atom stereocenters. The van der Waals surface area contributed by atoms with Crippen LogP contribution < -0.4 is 4.90 Å². The second kappa shape index (κ2) is 4.90. The molecule has 92 valence electrons. The predicted octanol–water partition coefficient (Wildman–Crippen LogP) is 3.71. The average molecular weight is 361 g/mol. The van der Waals surface area contributed by atoms with E-state index in [1.165, 1.54) is 28.6 Å². The minimum Gasteiger partial charge on any atom is -0.371 e. The SMILES string of the molecule is BrCc1ccc(N2CC3CCC(C2)O3)c(Br)c1. The average Bonchev–Trinajstić information content (AvgIpc) is 2.68. The summed E-state index contributed by atoms with van der Waals surface area (Å²) < 4.78 is 7.06. The third-order valence-corrected chi connectivity index (χ3v) is 4.83. The van der Waals surface area contributed by atoms with Gasteiger partial charge in [-0.25, -0.2) is 0 Å². The molecule has 2 saturated heterocycles. The van der Waals surface area contributed by atoms with Gasteiger partial charge >= 0.3 is 0 Å². The van der Waals surface area contributed by atoms with E-state index in [0.29, 0.717) is 12.2 Å². The zero-order chi connectivity index (χ0) is 11.8. The van der Waals surface area contributed by atoms with Crippen molar-refractivity contribution >= 4 is 37.5 Å². The van der Waals surface area contributed by atoms with Crippen LogP contribution in [0.5, 0.6) is 0 Å². The van der Waals surface area contributed by atoms with Gasteiger partial charge in [0, 0.05) is 22.9 Å². The molecule has 0 aromatic heterocycles. The molecule has 0 spiro atoms. The van der Waals surface area contributed by atoms with Gasteiger partial charge in [-0.1, -0.05) is 22.0 Å². The van der Waals surface area contributed by atoms with Gasteiger partial charge in [0.05, 0.1) is 17.9 Å². The number of hydrogen-bond acceptors (Lipinski definition) is 2. The maximum absolute atomic E-state index is 5.87. The van der Waals surface area contributed by atoms with E-state index in [1.807, 2.05) is 0 Å². The van der Waals surface area contributed by atoms with Gasteiger partial charge in [0.25, 0.3) is 0 Å². The predicted molar refractivity (Wildman–Crippen MR) is 76.9 cm³/mol. The molecule has 2 aliphatic rings. The quantitative estimate of drug-likeness (QED) is 0.745. The Morgan fingerprint density at radius 2 is 1.94 bits per heavy atom. The van der Waals surface area contributed by atoms with Crippen LogP contribution in [-0.2, 0) is 10.1 Å². The maximum Gasteiger partial charge on any atom is 0.0755 e. The first-order chi connectivity index (χ1) is 8.26. The van der Waals surface area contributed by atoms with Crippen LogP contribution in [0.15, 0.2) is 22.7 Å². The lowest BCUT2D eigenvalue weighted by atomic mass is 10.2. The minimum atomic E-state index is 0.441. The zero-order valence-corrected chi connectivity index (χ0v) is 12.7. The van der Waals surface area contributed by atoms with E-state index in [4.69, 9.17) is 4.74 Å². The lowest BCUT2D eigenvalue weighted by Crippen LogP contribution is -2.42. The van der Waals surface area contributed by atoms with Crippen LogP contribution in [-0.4, -0.2) is 25.3 Å². The lowest BCUT2D eigenvalue weighted by Gasteiger charge is -2.34. The topological polar surface area (TPSA) is 12.5 Å². The molecule has 2 heterocycles. The first kappa shape index (κ1) is 12.0. The number of nitrogens with zero attached hydrogens (tertiary/aromatic N) is 1. The maximum atomic E-state index is 5.87. The van der Waals surface area contributed by atoms with Crippen LogP contribution in [0.25, 0.3) is 0 Å². The molecule has 0 radical (unpaired) electrons. The van der Waals surface area contributed by atoms with Crippen molar-refractivity contribution in [3.63, 3.8) is 0 Å². The molecule has 2 atom stereocenters. The number of ether oxygens (including phenoxy) is 1. The van der Waals surface area contributed by atoms with Crippen molar-refractivity contribution in [3.05, 3.63) is 28.2 Å². The van der Waals surface area contributed by atoms with E-state index < -0.39 is 0 Å². The van der Waals surface area contributed by atoms with Gasteiger partial charge in [-0.3, -0.25) is 0 Å². The normalized spacial score (nSPS) is 27.5. The van der Waals surface area contributed by atoms with E-state index in [1.54, 1.807) is 0 Å². The molecule has 0 saturated carbocycles. The van der Waals surface area contributed by atoms with E-state index in [-0.39, 0.29) is 0 Å². The Kier molecular flexibility index (Phi) is 3.46. The van der Waals surface area contributed by atoms with Crippen molar-refractivity contribution in [2.45, 2.75) is 30.4 Å². The molecule has 1 aromatic carbocycles. The fourth-order valence-corrected chi connectivity index (χ4v) is 3.73. The fourth-order valence-electron chi connectivity index (χ4n) is 2.70. The molecule has 2 bridgehead atoms. The fraction of sp³-hybridized carbons (Fsp3) is 0.538. The van der Waals surface area contributed by atoms with Crippen LogP contribution in [0.4, 0.5) is 5.69 Å². The minimum absolute atomic E-state index is 0.441. The highest BCUT2D eigenvalue weighted by atomic mass is 79.9. The van der Waals surface area contributed by atoms with Gasteiger partial charge < -0.3 is 9.64 Å². The highest BCUT2D eigenvalue weighted by Crippen LogP contribution is 2.34. The molecule has 17 heavy (non-hydrogen) atoms. The van der Waals surface area contributed by atoms with Crippen LogP contribution in [0.1, 0.15) is 18.4 Å². The first-order valence-electron chi connectivity index (χ1n) is 6.01. The number of rotatable bonds is 2. The first-order valence-corrected chi connectivity index (χ1v) is 7.92. The summed E-state index contributed by atoms with van der Waals surface area (Å²) >= 11 is 7.17. The molecule has 3 rings (SSSR count). The molecule has 2 fully saturated rings. The third kappa shape index (κ3) is 2.40. The van der Waals surface area contributed by atoms with Crippen LogP contribution >= 0.6 is 31.9 Å². The Morgan fingerprint density at radius 1 is 1.24 bits per heavy atom.